The molecule has 6 nitrogen and oxygen atoms in total. The molecular formula is C18H25ClIN5O. The number of benzene rings is 1. The molecule has 1 aromatic carbocycles. The highest BCUT2D eigenvalue weighted by atomic mass is 127. The Morgan fingerprint density at radius 3 is 2.46 bits per heavy atom. The normalized spacial score (nSPS) is 18.1. The highest BCUT2D eigenvalue weighted by Crippen LogP contribution is 2.46. The van der Waals surface area contributed by atoms with E-state index < -0.39 is 0 Å². The molecule has 8 heteroatoms. The van der Waals surface area contributed by atoms with E-state index in [1.54, 1.807) is 19.2 Å². The van der Waals surface area contributed by atoms with Gasteiger partial charge in [0.15, 0.2) is 5.96 Å². The molecule has 1 aromatic heterocycles. The van der Waals surface area contributed by atoms with Gasteiger partial charge in [-0.25, -0.2) is 0 Å². The molecule has 0 spiro atoms. The molecule has 0 amide bonds. The van der Waals surface area contributed by atoms with Gasteiger partial charge in [-0.3, -0.25) is 4.99 Å². The maximum Gasteiger partial charge on any atom is 0.246 e. The summed E-state index contributed by atoms with van der Waals surface area (Å²) < 4.78 is 5.34. The SMILES string of the molecule is CN=C(NCc1nc(-c2ccc(Cl)cc2)no1)N1CC(C)(C)C1(C)C.I. The zero-order chi connectivity index (χ0) is 18.2. The Kier molecular flexibility index (Phi) is 6.22. The van der Waals surface area contributed by atoms with Gasteiger partial charge >= 0.3 is 0 Å². The molecule has 0 bridgehead atoms. The number of nitrogens with zero attached hydrogens (tertiary/aromatic N) is 4. The number of halogens is 2. The van der Waals surface area contributed by atoms with E-state index in [1.807, 2.05) is 12.1 Å². The van der Waals surface area contributed by atoms with E-state index in [2.05, 4.69) is 53.0 Å². The van der Waals surface area contributed by atoms with Crippen LogP contribution in [-0.4, -0.2) is 40.1 Å². The Hall–Kier alpha value is -1.35. The van der Waals surface area contributed by atoms with Crippen LogP contribution in [0.1, 0.15) is 33.6 Å². The fraction of sp³-hybridized carbons (Fsp3) is 0.500. The summed E-state index contributed by atoms with van der Waals surface area (Å²) in [5, 5.41) is 8.02. The van der Waals surface area contributed by atoms with Crippen LogP contribution in [0, 0.1) is 5.41 Å². The summed E-state index contributed by atoms with van der Waals surface area (Å²) in [5.74, 6) is 1.91. The van der Waals surface area contributed by atoms with Crippen molar-refractivity contribution < 1.29 is 4.52 Å². The Balaban J connectivity index is 0.00000243. The van der Waals surface area contributed by atoms with E-state index >= 15 is 0 Å². The van der Waals surface area contributed by atoms with E-state index in [-0.39, 0.29) is 34.9 Å². The van der Waals surface area contributed by atoms with Crippen LogP contribution in [0.2, 0.25) is 5.02 Å². The average Bonchev–Trinajstić information content (AvgIpc) is 3.04. The zero-order valence-electron chi connectivity index (χ0n) is 15.7. The van der Waals surface area contributed by atoms with Crippen molar-refractivity contribution in [2.45, 2.75) is 39.8 Å². The number of nitrogens with one attached hydrogen (secondary N) is 1. The molecule has 1 aliphatic rings. The lowest BCUT2D eigenvalue weighted by atomic mass is 9.65. The van der Waals surface area contributed by atoms with E-state index in [9.17, 15) is 0 Å². The molecule has 2 aromatic rings. The van der Waals surface area contributed by atoms with Crippen LogP contribution in [0.5, 0.6) is 0 Å². The number of guanidine groups is 1. The minimum atomic E-state index is 0. The molecule has 26 heavy (non-hydrogen) atoms. The minimum absolute atomic E-state index is 0. The van der Waals surface area contributed by atoms with Gasteiger partial charge in [0.1, 0.15) is 0 Å². The van der Waals surface area contributed by atoms with E-state index in [4.69, 9.17) is 16.1 Å². The van der Waals surface area contributed by atoms with Crippen molar-refractivity contribution in [1.82, 2.24) is 20.4 Å². The topological polar surface area (TPSA) is 66.5 Å². The third-order valence-electron chi connectivity index (χ3n) is 5.32. The Morgan fingerprint density at radius 2 is 1.92 bits per heavy atom. The quantitative estimate of drug-likeness (QED) is 0.398. The van der Waals surface area contributed by atoms with Crippen molar-refractivity contribution in [3.8, 4) is 11.4 Å². The molecule has 1 saturated heterocycles. The molecule has 142 valence electrons. The van der Waals surface area contributed by atoms with Crippen LogP contribution >= 0.6 is 35.6 Å². The van der Waals surface area contributed by atoms with E-state index in [1.165, 1.54) is 0 Å². The molecule has 1 N–H and O–H groups in total. The monoisotopic (exact) mass is 489 g/mol. The Labute approximate surface area is 176 Å². The molecule has 0 radical (unpaired) electrons. The third kappa shape index (κ3) is 3.83. The van der Waals surface area contributed by atoms with Crippen LogP contribution in [0.25, 0.3) is 11.4 Å². The average molecular weight is 490 g/mol. The number of hydrogen-bond acceptors (Lipinski definition) is 4. The molecule has 1 fully saturated rings. The van der Waals surface area contributed by atoms with Gasteiger partial charge in [0.05, 0.1) is 6.54 Å². The van der Waals surface area contributed by atoms with Crippen LogP contribution in [-0.2, 0) is 6.54 Å². The van der Waals surface area contributed by atoms with Gasteiger partial charge in [-0.1, -0.05) is 30.6 Å². The van der Waals surface area contributed by atoms with Crippen LogP contribution in [0.15, 0.2) is 33.8 Å². The lowest BCUT2D eigenvalue weighted by Gasteiger charge is -2.62. The molecule has 0 atom stereocenters. The molecule has 2 heterocycles. The second-order valence-electron chi connectivity index (χ2n) is 7.45. The second kappa shape index (κ2) is 7.72. The van der Waals surface area contributed by atoms with Gasteiger partial charge in [0.25, 0.3) is 0 Å². The summed E-state index contributed by atoms with van der Waals surface area (Å²) in [4.78, 5) is 11.1. The summed E-state index contributed by atoms with van der Waals surface area (Å²) in [6.45, 7) is 10.4. The predicted molar refractivity (Wildman–Crippen MR) is 115 cm³/mol. The standard InChI is InChI=1S/C18H24ClN5O.HI/c1-17(2)11-24(18(17,3)4)16(20-5)21-10-14-22-15(23-25-14)12-6-8-13(19)9-7-12;/h6-9H,10-11H2,1-5H3,(H,20,21);1H. The van der Waals surface area contributed by atoms with Crippen LogP contribution < -0.4 is 5.32 Å². The second-order valence-corrected chi connectivity index (χ2v) is 7.88. The first-order chi connectivity index (χ1) is 11.7. The predicted octanol–water partition coefficient (Wildman–Crippen LogP) is 4.20. The molecule has 0 saturated carbocycles. The first-order valence-electron chi connectivity index (χ1n) is 8.31. The molecule has 3 rings (SSSR count). The van der Waals surface area contributed by atoms with Crippen molar-refractivity contribution in [1.29, 1.82) is 0 Å². The number of aromatic nitrogens is 2. The molecule has 1 aliphatic heterocycles. The van der Waals surface area contributed by atoms with Gasteiger partial charge in [0.2, 0.25) is 11.7 Å². The molecular weight excluding hydrogens is 465 g/mol. The van der Waals surface area contributed by atoms with Gasteiger partial charge in [-0.05, 0) is 38.1 Å². The highest BCUT2D eigenvalue weighted by molar-refractivity contribution is 14.0. The summed E-state index contributed by atoms with van der Waals surface area (Å²) >= 11 is 5.90. The van der Waals surface area contributed by atoms with Gasteiger partial charge in [-0.15, -0.1) is 24.0 Å². The Morgan fingerprint density at radius 1 is 1.27 bits per heavy atom. The fourth-order valence-electron chi connectivity index (χ4n) is 2.89. The van der Waals surface area contributed by atoms with Crippen LogP contribution in [0.4, 0.5) is 0 Å². The smallest absolute Gasteiger partial charge is 0.246 e. The van der Waals surface area contributed by atoms with E-state index in [0.717, 1.165) is 18.1 Å². The van der Waals surface area contributed by atoms with Crippen molar-refractivity contribution in [2.75, 3.05) is 13.6 Å². The highest BCUT2D eigenvalue weighted by Gasteiger charge is 2.53. The number of aliphatic imine (C=N–C) groups is 1. The van der Waals surface area contributed by atoms with Gasteiger partial charge < -0.3 is 14.7 Å². The summed E-state index contributed by atoms with van der Waals surface area (Å²) in [6, 6.07) is 7.35. The molecule has 0 unspecified atom stereocenters. The van der Waals surface area contributed by atoms with Crippen molar-refractivity contribution in [3.05, 3.63) is 35.2 Å². The maximum atomic E-state index is 5.90. The van der Waals surface area contributed by atoms with Gasteiger partial charge in [0, 0.05) is 35.1 Å². The lowest BCUT2D eigenvalue weighted by molar-refractivity contribution is -0.0668. The Bertz CT molecular complexity index is 785. The first-order valence-corrected chi connectivity index (χ1v) is 8.69. The van der Waals surface area contributed by atoms with Gasteiger partial charge in [-0.2, -0.15) is 4.98 Å². The number of hydrogen-bond donors (Lipinski definition) is 1. The fourth-order valence-corrected chi connectivity index (χ4v) is 3.02. The molecule has 0 aliphatic carbocycles. The zero-order valence-corrected chi connectivity index (χ0v) is 18.8. The summed E-state index contributed by atoms with van der Waals surface area (Å²) in [7, 11) is 1.79. The summed E-state index contributed by atoms with van der Waals surface area (Å²) in [5.41, 5.74) is 1.16. The van der Waals surface area contributed by atoms with Crippen molar-refractivity contribution in [3.63, 3.8) is 0 Å². The van der Waals surface area contributed by atoms with Crippen molar-refractivity contribution in [2.24, 2.45) is 10.4 Å². The number of likely N-dealkylation sites (tertiary alicyclic amines) is 1. The first kappa shape index (κ1) is 21.0. The largest absolute Gasteiger partial charge is 0.347 e. The maximum absolute atomic E-state index is 5.90. The van der Waals surface area contributed by atoms with E-state index in [0.29, 0.717) is 23.3 Å². The minimum Gasteiger partial charge on any atom is -0.347 e. The third-order valence-corrected chi connectivity index (χ3v) is 5.57. The lowest BCUT2D eigenvalue weighted by Crippen LogP contribution is -2.72. The summed E-state index contributed by atoms with van der Waals surface area (Å²) in [6.07, 6.45) is 0. The number of rotatable bonds is 3. The van der Waals surface area contributed by atoms with Crippen LogP contribution in [0.3, 0.4) is 0 Å². The van der Waals surface area contributed by atoms with Crippen molar-refractivity contribution >= 4 is 41.5 Å².